The van der Waals surface area contributed by atoms with Crippen molar-refractivity contribution >= 4 is 44.9 Å². The zero-order valence-corrected chi connectivity index (χ0v) is 12.6. The Bertz CT molecular complexity index is 568. The Hall–Kier alpha value is -1.37. The lowest BCUT2D eigenvalue weighted by atomic mass is 10.3. The van der Waals surface area contributed by atoms with Crippen LogP contribution < -0.4 is 16.6 Å². The Morgan fingerprint density at radius 2 is 2.00 bits per heavy atom. The van der Waals surface area contributed by atoms with Crippen molar-refractivity contribution in [2.45, 2.75) is 13.3 Å². The number of nitrogen functional groups attached to an aromatic ring is 1. The average Bonchev–Trinajstić information content (AvgIpc) is 2.42. The molecule has 4 N–H and O–H groups in total. The van der Waals surface area contributed by atoms with Gasteiger partial charge in [-0.15, -0.1) is 0 Å². The number of benzene rings is 1. The summed E-state index contributed by atoms with van der Waals surface area (Å²) < 4.78 is 0.899. The number of hydrogen-bond donors (Lipinski definition) is 3. The van der Waals surface area contributed by atoms with E-state index in [0.29, 0.717) is 22.5 Å². The van der Waals surface area contributed by atoms with Gasteiger partial charge in [0, 0.05) is 22.0 Å². The van der Waals surface area contributed by atoms with Gasteiger partial charge in [0.15, 0.2) is 0 Å². The van der Waals surface area contributed by atoms with Crippen molar-refractivity contribution in [3.05, 3.63) is 39.6 Å². The molecule has 1 aromatic heterocycles. The van der Waals surface area contributed by atoms with E-state index in [4.69, 9.17) is 17.4 Å². The van der Waals surface area contributed by atoms with Crippen molar-refractivity contribution in [2.75, 3.05) is 10.7 Å². The lowest BCUT2D eigenvalue weighted by Gasteiger charge is -2.10. The molecule has 0 bridgehead atoms. The molecule has 0 saturated heterocycles. The summed E-state index contributed by atoms with van der Waals surface area (Å²) in [6, 6.07) is 7.22. The van der Waals surface area contributed by atoms with Crippen molar-refractivity contribution in [3.63, 3.8) is 0 Å². The van der Waals surface area contributed by atoms with Crippen LogP contribution in [0, 0.1) is 0 Å². The highest BCUT2D eigenvalue weighted by atomic mass is 79.9. The SMILES string of the molecule is CCc1nc(NN)cc(Nc2cc(Cl)ccc2Br)n1. The molecule has 2 aromatic rings. The van der Waals surface area contributed by atoms with Gasteiger partial charge in [-0.25, -0.2) is 15.8 Å². The Kier molecular flexibility index (Phi) is 4.57. The average molecular weight is 343 g/mol. The van der Waals surface area contributed by atoms with Gasteiger partial charge in [0.2, 0.25) is 0 Å². The smallest absolute Gasteiger partial charge is 0.145 e. The molecule has 1 aromatic carbocycles. The van der Waals surface area contributed by atoms with Crippen LogP contribution in [0.2, 0.25) is 5.02 Å². The summed E-state index contributed by atoms with van der Waals surface area (Å²) in [5, 5.41) is 3.83. The van der Waals surface area contributed by atoms with Crippen LogP contribution in [0.5, 0.6) is 0 Å². The molecule has 5 nitrogen and oxygen atoms in total. The third kappa shape index (κ3) is 3.56. The summed E-state index contributed by atoms with van der Waals surface area (Å²) in [5.41, 5.74) is 3.35. The number of aromatic nitrogens is 2. The summed E-state index contributed by atoms with van der Waals surface area (Å²) in [5.74, 6) is 7.31. The molecule has 100 valence electrons. The molecule has 0 unspecified atom stereocenters. The predicted molar refractivity (Wildman–Crippen MR) is 81.7 cm³/mol. The number of anilines is 3. The van der Waals surface area contributed by atoms with Crippen LogP contribution in [0.3, 0.4) is 0 Å². The number of nitrogens with one attached hydrogen (secondary N) is 2. The predicted octanol–water partition coefficient (Wildman–Crippen LogP) is 3.48. The first kappa shape index (κ1) is 14.0. The third-order valence-corrected chi connectivity index (χ3v) is 3.35. The number of halogens is 2. The van der Waals surface area contributed by atoms with Crippen molar-refractivity contribution in [2.24, 2.45) is 5.84 Å². The fraction of sp³-hybridized carbons (Fsp3) is 0.167. The molecule has 0 fully saturated rings. The molecule has 0 aliphatic heterocycles. The van der Waals surface area contributed by atoms with Crippen LogP contribution in [-0.2, 0) is 6.42 Å². The second kappa shape index (κ2) is 6.18. The Morgan fingerprint density at radius 1 is 1.26 bits per heavy atom. The van der Waals surface area contributed by atoms with Crippen molar-refractivity contribution < 1.29 is 0 Å². The fourth-order valence-electron chi connectivity index (χ4n) is 1.52. The van der Waals surface area contributed by atoms with E-state index in [9.17, 15) is 0 Å². The molecular formula is C12H13BrClN5. The summed E-state index contributed by atoms with van der Waals surface area (Å²) >= 11 is 9.43. The summed E-state index contributed by atoms with van der Waals surface area (Å²) in [6.07, 6.45) is 0.723. The minimum Gasteiger partial charge on any atom is -0.339 e. The van der Waals surface area contributed by atoms with E-state index in [1.807, 2.05) is 19.1 Å². The molecule has 0 spiro atoms. The number of nitrogens with zero attached hydrogens (tertiary/aromatic N) is 2. The number of nitrogens with two attached hydrogens (primary N) is 1. The van der Waals surface area contributed by atoms with Crippen LogP contribution >= 0.6 is 27.5 Å². The first-order valence-electron chi connectivity index (χ1n) is 5.69. The zero-order chi connectivity index (χ0) is 13.8. The summed E-state index contributed by atoms with van der Waals surface area (Å²) in [6.45, 7) is 1.98. The summed E-state index contributed by atoms with van der Waals surface area (Å²) in [7, 11) is 0. The van der Waals surface area contributed by atoms with Gasteiger partial charge in [-0.05, 0) is 34.1 Å². The first-order valence-corrected chi connectivity index (χ1v) is 6.86. The van der Waals surface area contributed by atoms with Crippen LogP contribution in [-0.4, -0.2) is 9.97 Å². The number of rotatable bonds is 4. The molecule has 0 amide bonds. The van der Waals surface area contributed by atoms with Crippen LogP contribution in [0.1, 0.15) is 12.7 Å². The Morgan fingerprint density at radius 3 is 2.68 bits per heavy atom. The van der Waals surface area contributed by atoms with Crippen LogP contribution in [0.4, 0.5) is 17.3 Å². The topological polar surface area (TPSA) is 75.9 Å². The molecule has 0 atom stereocenters. The standard InChI is InChI=1S/C12H13BrClN5/c1-2-10-17-11(6-12(18-10)19-15)16-9-5-7(14)3-4-8(9)13/h3-6H,2,15H2,1H3,(H2,16,17,18,19). The summed E-state index contributed by atoms with van der Waals surface area (Å²) in [4.78, 5) is 8.61. The fourth-order valence-corrected chi connectivity index (χ4v) is 2.04. The normalized spacial score (nSPS) is 10.3. The second-order valence-electron chi connectivity index (χ2n) is 3.80. The molecule has 0 saturated carbocycles. The van der Waals surface area contributed by atoms with Gasteiger partial charge in [0.1, 0.15) is 17.5 Å². The monoisotopic (exact) mass is 341 g/mol. The van der Waals surface area contributed by atoms with Gasteiger partial charge in [-0.2, -0.15) is 0 Å². The largest absolute Gasteiger partial charge is 0.339 e. The number of hydrazine groups is 1. The van der Waals surface area contributed by atoms with E-state index in [1.165, 1.54) is 0 Å². The second-order valence-corrected chi connectivity index (χ2v) is 5.09. The minimum absolute atomic E-state index is 0.563. The van der Waals surface area contributed by atoms with Gasteiger partial charge in [0.05, 0.1) is 5.69 Å². The highest BCUT2D eigenvalue weighted by Gasteiger charge is 2.06. The van der Waals surface area contributed by atoms with Crippen molar-refractivity contribution in [3.8, 4) is 0 Å². The maximum atomic E-state index is 5.97. The Labute approximate surface area is 124 Å². The van der Waals surface area contributed by atoms with E-state index >= 15 is 0 Å². The van der Waals surface area contributed by atoms with Crippen LogP contribution in [0.15, 0.2) is 28.7 Å². The number of hydrogen-bond acceptors (Lipinski definition) is 5. The van der Waals surface area contributed by atoms with E-state index in [2.05, 4.69) is 36.6 Å². The molecule has 7 heteroatoms. The zero-order valence-electron chi connectivity index (χ0n) is 10.2. The third-order valence-electron chi connectivity index (χ3n) is 2.43. The molecule has 2 rings (SSSR count). The van der Waals surface area contributed by atoms with Gasteiger partial charge in [0.25, 0.3) is 0 Å². The Balaban J connectivity index is 2.34. The van der Waals surface area contributed by atoms with Gasteiger partial charge < -0.3 is 10.7 Å². The lowest BCUT2D eigenvalue weighted by Crippen LogP contribution is -2.11. The minimum atomic E-state index is 0.563. The quantitative estimate of drug-likeness (QED) is 0.586. The van der Waals surface area contributed by atoms with E-state index in [0.717, 1.165) is 16.6 Å². The van der Waals surface area contributed by atoms with E-state index < -0.39 is 0 Å². The maximum Gasteiger partial charge on any atom is 0.145 e. The molecule has 0 aliphatic carbocycles. The van der Waals surface area contributed by atoms with E-state index in [1.54, 1.807) is 12.1 Å². The van der Waals surface area contributed by atoms with Crippen molar-refractivity contribution in [1.82, 2.24) is 9.97 Å². The first-order chi connectivity index (χ1) is 9.12. The molecule has 0 radical (unpaired) electrons. The van der Waals surface area contributed by atoms with Crippen molar-refractivity contribution in [1.29, 1.82) is 0 Å². The molecule has 0 aliphatic rings. The lowest BCUT2D eigenvalue weighted by molar-refractivity contribution is 0.941. The highest BCUT2D eigenvalue weighted by molar-refractivity contribution is 9.10. The molecular weight excluding hydrogens is 330 g/mol. The number of aryl methyl sites for hydroxylation is 1. The molecule has 1 heterocycles. The maximum absolute atomic E-state index is 5.97. The van der Waals surface area contributed by atoms with Crippen LogP contribution in [0.25, 0.3) is 0 Å². The molecule has 19 heavy (non-hydrogen) atoms. The van der Waals surface area contributed by atoms with E-state index in [-0.39, 0.29) is 0 Å². The van der Waals surface area contributed by atoms with Gasteiger partial charge in [-0.3, -0.25) is 0 Å². The van der Waals surface area contributed by atoms with Gasteiger partial charge >= 0.3 is 0 Å². The van der Waals surface area contributed by atoms with Gasteiger partial charge in [-0.1, -0.05) is 18.5 Å². The highest BCUT2D eigenvalue weighted by Crippen LogP contribution is 2.28.